The molecular weight excluding hydrogens is 386 g/mol. The molecule has 0 spiro atoms. The Morgan fingerprint density at radius 2 is 1.97 bits per heavy atom. The number of amides is 1. The van der Waals surface area contributed by atoms with Gasteiger partial charge in [-0.25, -0.2) is 9.48 Å². The van der Waals surface area contributed by atoms with E-state index in [0.717, 1.165) is 12.0 Å². The van der Waals surface area contributed by atoms with E-state index in [2.05, 4.69) is 10.3 Å². The van der Waals surface area contributed by atoms with Crippen LogP contribution in [-0.2, 0) is 26.2 Å². The van der Waals surface area contributed by atoms with Crippen LogP contribution < -0.4 is 10.4 Å². The Bertz CT molecular complexity index is 1110. The molecule has 0 saturated heterocycles. The summed E-state index contributed by atoms with van der Waals surface area (Å²) in [5.41, 5.74) is 1.89. The highest BCUT2D eigenvalue weighted by Crippen LogP contribution is 2.21. The fraction of sp³-hybridized carbons (Fsp3) is 0.429. The Balaban J connectivity index is 1.51. The Morgan fingerprint density at radius 3 is 2.70 bits per heavy atom. The summed E-state index contributed by atoms with van der Waals surface area (Å²) >= 11 is 0. The number of aromatic nitrogens is 4. The highest BCUT2D eigenvalue weighted by Gasteiger charge is 2.30. The normalized spacial score (nSPS) is 13.4. The average molecular weight is 411 g/mol. The number of nitrogens with zero attached hydrogens (tertiary/aromatic N) is 5. The van der Waals surface area contributed by atoms with Gasteiger partial charge in [0, 0.05) is 19.6 Å². The summed E-state index contributed by atoms with van der Waals surface area (Å²) in [5.74, 6) is 1.60. The lowest BCUT2D eigenvalue weighted by molar-refractivity contribution is 0.0693. The van der Waals surface area contributed by atoms with Crippen LogP contribution in [0.25, 0.3) is 0 Å². The second-order valence-electron chi connectivity index (χ2n) is 7.47. The molecule has 3 aromatic rings. The molecular formula is C21H25N5O4. The number of carbonyl (C=O) groups excluding carboxylic acids is 1. The van der Waals surface area contributed by atoms with Gasteiger partial charge in [-0.2, -0.15) is 5.10 Å². The molecule has 9 nitrogen and oxygen atoms in total. The summed E-state index contributed by atoms with van der Waals surface area (Å²) in [5, 5.41) is 8.37. The molecule has 3 heterocycles. The number of aryl methyl sites for hydroxylation is 3. The molecule has 158 valence electrons. The van der Waals surface area contributed by atoms with E-state index in [1.807, 2.05) is 38.1 Å². The fourth-order valence-corrected chi connectivity index (χ4v) is 3.50. The van der Waals surface area contributed by atoms with Gasteiger partial charge in [0.05, 0.1) is 12.1 Å². The van der Waals surface area contributed by atoms with Crippen LogP contribution in [0.1, 0.15) is 46.5 Å². The third kappa shape index (κ3) is 3.74. The van der Waals surface area contributed by atoms with Crippen LogP contribution in [0.5, 0.6) is 5.75 Å². The quantitative estimate of drug-likeness (QED) is 0.618. The van der Waals surface area contributed by atoms with Gasteiger partial charge < -0.3 is 14.2 Å². The van der Waals surface area contributed by atoms with Crippen molar-refractivity contribution in [2.24, 2.45) is 0 Å². The molecule has 0 N–H and O–H groups in total. The SMILES string of the molecule is CCCn1nc2n(c1=O)CCN(C(=O)c1noc(C)c1COc1ccc(C)cc1)C2. The molecule has 0 aliphatic carbocycles. The molecule has 4 rings (SSSR count). The van der Waals surface area contributed by atoms with Crippen LogP contribution in [0.4, 0.5) is 0 Å². The Hall–Kier alpha value is -3.36. The van der Waals surface area contributed by atoms with E-state index >= 15 is 0 Å². The van der Waals surface area contributed by atoms with Crippen LogP contribution in [0.3, 0.4) is 0 Å². The van der Waals surface area contributed by atoms with Crippen molar-refractivity contribution in [3.63, 3.8) is 0 Å². The molecule has 0 saturated carbocycles. The highest BCUT2D eigenvalue weighted by molar-refractivity contribution is 5.93. The molecule has 0 fully saturated rings. The topological polar surface area (TPSA) is 95.4 Å². The minimum absolute atomic E-state index is 0.122. The lowest BCUT2D eigenvalue weighted by atomic mass is 10.1. The lowest BCUT2D eigenvalue weighted by Gasteiger charge is -2.26. The highest BCUT2D eigenvalue weighted by atomic mass is 16.5. The fourth-order valence-electron chi connectivity index (χ4n) is 3.50. The van der Waals surface area contributed by atoms with Crippen LogP contribution in [0.15, 0.2) is 33.6 Å². The summed E-state index contributed by atoms with van der Waals surface area (Å²) in [6.07, 6.45) is 0.821. The largest absolute Gasteiger partial charge is 0.489 e. The van der Waals surface area contributed by atoms with E-state index in [1.54, 1.807) is 16.4 Å². The molecule has 9 heteroatoms. The van der Waals surface area contributed by atoms with E-state index in [9.17, 15) is 9.59 Å². The second kappa shape index (κ2) is 8.17. The van der Waals surface area contributed by atoms with Crippen LogP contribution in [0, 0.1) is 13.8 Å². The van der Waals surface area contributed by atoms with E-state index in [-0.39, 0.29) is 30.4 Å². The van der Waals surface area contributed by atoms with E-state index < -0.39 is 0 Å². The van der Waals surface area contributed by atoms with Crippen molar-refractivity contribution in [1.29, 1.82) is 0 Å². The molecule has 0 radical (unpaired) electrons. The first kappa shape index (κ1) is 19.9. The number of benzene rings is 1. The predicted octanol–water partition coefficient (Wildman–Crippen LogP) is 2.29. The lowest BCUT2D eigenvalue weighted by Crippen LogP contribution is -2.41. The van der Waals surface area contributed by atoms with Crippen LogP contribution in [0.2, 0.25) is 0 Å². The summed E-state index contributed by atoms with van der Waals surface area (Å²) in [7, 11) is 0. The van der Waals surface area contributed by atoms with Gasteiger partial charge in [0.25, 0.3) is 5.91 Å². The van der Waals surface area contributed by atoms with Crippen molar-refractivity contribution in [3.05, 3.63) is 63.2 Å². The van der Waals surface area contributed by atoms with Crippen LogP contribution >= 0.6 is 0 Å². The number of hydrogen-bond donors (Lipinski definition) is 0. The molecule has 1 aliphatic rings. The van der Waals surface area contributed by atoms with E-state index in [1.165, 1.54) is 4.68 Å². The monoisotopic (exact) mass is 411 g/mol. The first-order chi connectivity index (χ1) is 14.5. The molecule has 1 aromatic carbocycles. The maximum Gasteiger partial charge on any atom is 0.346 e. The molecule has 30 heavy (non-hydrogen) atoms. The zero-order valence-corrected chi connectivity index (χ0v) is 17.4. The van der Waals surface area contributed by atoms with Gasteiger partial charge in [0.1, 0.15) is 18.1 Å². The smallest absolute Gasteiger partial charge is 0.346 e. The summed E-state index contributed by atoms with van der Waals surface area (Å²) < 4.78 is 14.2. The molecule has 0 atom stereocenters. The van der Waals surface area contributed by atoms with Gasteiger partial charge >= 0.3 is 5.69 Å². The summed E-state index contributed by atoms with van der Waals surface area (Å²) in [6.45, 7) is 7.59. The summed E-state index contributed by atoms with van der Waals surface area (Å²) in [6, 6.07) is 7.70. The van der Waals surface area contributed by atoms with Crippen molar-refractivity contribution >= 4 is 5.91 Å². The van der Waals surface area contributed by atoms with Crippen LogP contribution in [-0.4, -0.2) is 36.9 Å². The van der Waals surface area contributed by atoms with Crippen molar-refractivity contribution in [2.75, 3.05) is 6.54 Å². The van der Waals surface area contributed by atoms with E-state index in [0.29, 0.717) is 42.5 Å². The second-order valence-corrected chi connectivity index (χ2v) is 7.47. The Labute approximate surface area is 173 Å². The van der Waals surface area contributed by atoms with Crippen molar-refractivity contribution in [2.45, 2.75) is 53.4 Å². The third-order valence-electron chi connectivity index (χ3n) is 5.24. The molecule has 0 unspecified atom stereocenters. The van der Waals surface area contributed by atoms with Gasteiger partial charge in [-0.05, 0) is 32.4 Å². The maximum absolute atomic E-state index is 13.1. The third-order valence-corrected chi connectivity index (χ3v) is 5.24. The minimum Gasteiger partial charge on any atom is -0.489 e. The standard InChI is InChI=1S/C21H25N5O4/c1-4-9-26-21(28)25-11-10-24(12-18(25)22-26)20(27)19-17(15(3)30-23-19)13-29-16-7-5-14(2)6-8-16/h5-8H,4,9-13H2,1-3H3. The Kier molecular flexibility index (Phi) is 5.43. The van der Waals surface area contributed by atoms with E-state index in [4.69, 9.17) is 9.26 Å². The van der Waals surface area contributed by atoms with Gasteiger partial charge in [0.2, 0.25) is 0 Å². The predicted molar refractivity (Wildman–Crippen MR) is 108 cm³/mol. The Morgan fingerprint density at radius 1 is 1.20 bits per heavy atom. The van der Waals surface area contributed by atoms with Crippen molar-refractivity contribution < 1.29 is 14.1 Å². The van der Waals surface area contributed by atoms with Crippen molar-refractivity contribution in [1.82, 2.24) is 24.4 Å². The average Bonchev–Trinajstić information content (AvgIpc) is 3.27. The number of carbonyl (C=O) groups is 1. The number of ether oxygens (including phenoxy) is 1. The first-order valence-corrected chi connectivity index (χ1v) is 10.1. The minimum atomic E-state index is -0.252. The maximum atomic E-state index is 13.1. The zero-order valence-electron chi connectivity index (χ0n) is 17.4. The van der Waals surface area contributed by atoms with Gasteiger partial charge in [0.15, 0.2) is 11.5 Å². The van der Waals surface area contributed by atoms with Crippen molar-refractivity contribution in [3.8, 4) is 5.75 Å². The first-order valence-electron chi connectivity index (χ1n) is 10.1. The van der Waals surface area contributed by atoms with Gasteiger partial charge in [-0.15, -0.1) is 0 Å². The van der Waals surface area contributed by atoms with Gasteiger partial charge in [-0.3, -0.25) is 9.36 Å². The number of rotatable bonds is 6. The molecule has 1 amide bonds. The zero-order chi connectivity index (χ0) is 21.3. The number of fused-ring (bicyclic) bond motifs is 1. The molecule has 0 bridgehead atoms. The molecule has 1 aliphatic heterocycles. The molecule has 2 aromatic heterocycles. The summed E-state index contributed by atoms with van der Waals surface area (Å²) in [4.78, 5) is 27.2. The number of hydrogen-bond acceptors (Lipinski definition) is 6. The van der Waals surface area contributed by atoms with Gasteiger partial charge in [-0.1, -0.05) is 29.8 Å².